The zero-order valence-electron chi connectivity index (χ0n) is 13.4. The van der Waals surface area contributed by atoms with E-state index in [0.717, 1.165) is 25.7 Å². The third kappa shape index (κ3) is 4.32. The second kappa shape index (κ2) is 7.80. The van der Waals surface area contributed by atoms with Gasteiger partial charge in [0.25, 0.3) is 0 Å². The predicted octanol–water partition coefficient (Wildman–Crippen LogP) is 3.77. The molecule has 1 aliphatic rings. The summed E-state index contributed by atoms with van der Waals surface area (Å²) in [6.07, 6.45) is 4.12. The van der Waals surface area contributed by atoms with Crippen LogP contribution in [0.15, 0.2) is 24.3 Å². The Kier molecular flexibility index (Phi) is 6.06. The molecule has 1 N–H and O–H groups in total. The van der Waals surface area contributed by atoms with Gasteiger partial charge in [-0.25, -0.2) is 0 Å². The molecule has 2 rings (SSSR count). The van der Waals surface area contributed by atoms with Gasteiger partial charge in [0.15, 0.2) is 0 Å². The molecule has 1 aromatic rings. The summed E-state index contributed by atoms with van der Waals surface area (Å²) < 4.78 is 0. The molecule has 0 aromatic heterocycles. The van der Waals surface area contributed by atoms with Crippen LogP contribution in [0.4, 0.5) is 0 Å². The Bertz CT molecular complexity index is 385. The Hall–Kier alpha value is -0.860. The van der Waals surface area contributed by atoms with E-state index in [1.165, 1.54) is 36.9 Å². The lowest BCUT2D eigenvalue weighted by Gasteiger charge is -2.33. The highest BCUT2D eigenvalue weighted by Gasteiger charge is 2.18. The number of benzene rings is 1. The first-order valence-corrected chi connectivity index (χ1v) is 8.24. The van der Waals surface area contributed by atoms with E-state index >= 15 is 0 Å². The summed E-state index contributed by atoms with van der Waals surface area (Å²) in [5, 5.41) is 3.42. The molecule has 0 spiro atoms. The number of likely N-dealkylation sites (N-methyl/N-ethyl adjacent to an activating group) is 1. The van der Waals surface area contributed by atoms with Gasteiger partial charge in [0.2, 0.25) is 0 Å². The average molecular weight is 274 g/mol. The Morgan fingerprint density at radius 3 is 2.65 bits per heavy atom. The molecule has 0 amide bonds. The molecule has 0 bridgehead atoms. The topological polar surface area (TPSA) is 15.3 Å². The van der Waals surface area contributed by atoms with Crippen molar-refractivity contribution in [2.24, 2.45) is 0 Å². The van der Waals surface area contributed by atoms with Crippen LogP contribution < -0.4 is 5.32 Å². The molecule has 0 radical (unpaired) electrons. The summed E-state index contributed by atoms with van der Waals surface area (Å²) in [5.74, 6) is 0.595. The first kappa shape index (κ1) is 15.5. The van der Waals surface area contributed by atoms with E-state index in [-0.39, 0.29) is 0 Å². The van der Waals surface area contributed by atoms with Gasteiger partial charge in [0, 0.05) is 19.1 Å². The first-order chi connectivity index (χ1) is 9.70. The normalized spacial score (nSPS) is 21.9. The average Bonchev–Trinajstić information content (AvgIpc) is 2.48. The van der Waals surface area contributed by atoms with E-state index in [1.807, 2.05) is 0 Å². The van der Waals surface area contributed by atoms with Crippen LogP contribution in [-0.2, 0) is 6.54 Å². The summed E-state index contributed by atoms with van der Waals surface area (Å²) in [6.45, 7) is 11.3. The molecule has 20 heavy (non-hydrogen) atoms. The number of nitrogens with zero attached hydrogens (tertiary/aromatic N) is 1. The van der Waals surface area contributed by atoms with Gasteiger partial charge in [0.05, 0.1) is 0 Å². The molecule has 0 saturated carbocycles. The van der Waals surface area contributed by atoms with Crippen molar-refractivity contribution in [3.05, 3.63) is 35.4 Å². The zero-order valence-corrected chi connectivity index (χ0v) is 13.4. The molecule has 1 heterocycles. The minimum absolute atomic E-state index is 0.595. The molecular formula is C18H30N2. The van der Waals surface area contributed by atoms with Crippen LogP contribution in [0.3, 0.4) is 0 Å². The third-order valence-corrected chi connectivity index (χ3v) is 4.58. The Morgan fingerprint density at radius 1 is 1.25 bits per heavy atom. The van der Waals surface area contributed by atoms with Gasteiger partial charge in [-0.2, -0.15) is 0 Å². The predicted molar refractivity (Wildman–Crippen MR) is 87.1 cm³/mol. The minimum Gasteiger partial charge on any atom is -0.316 e. The van der Waals surface area contributed by atoms with Crippen molar-refractivity contribution in [3.8, 4) is 0 Å². The lowest BCUT2D eigenvalue weighted by atomic mass is 9.98. The monoisotopic (exact) mass is 274 g/mol. The van der Waals surface area contributed by atoms with Gasteiger partial charge in [-0.15, -0.1) is 0 Å². The maximum atomic E-state index is 3.42. The summed E-state index contributed by atoms with van der Waals surface area (Å²) in [7, 11) is 0. The van der Waals surface area contributed by atoms with E-state index in [1.54, 1.807) is 0 Å². The quantitative estimate of drug-likeness (QED) is 0.849. The molecule has 1 aliphatic heterocycles. The van der Waals surface area contributed by atoms with E-state index in [4.69, 9.17) is 0 Å². The Balaban J connectivity index is 1.90. The van der Waals surface area contributed by atoms with Gasteiger partial charge in [-0.3, -0.25) is 4.90 Å². The van der Waals surface area contributed by atoms with Crippen LogP contribution in [0.25, 0.3) is 0 Å². The number of nitrogens with one attached hydrogen (secondary N) is 1. The van der Waals surface area contributed by atoms with Crippen LogP contribution in [0.2, 0.25) is 0 Å². The molecule has 2 unspecified atom stereocenters. The van der Waals surface area contributed by atoms with E-state index < -0.39 is 0 Å². The highest BCUT2D eigenvalue weighted by atomic mass is 15.2. The van der Waals surface area contributed by atoms with Gasteiger partial charge < -0.3 is 5.32 Å². The fourth-order valence-corrected chi connectivity index (χ4v) is 3.06. The van der Waals surface area contributed by atoms with Crippen molar-refractivity contribution >= 4 is 0 Å². The second-order valence-electron chi connectivity index (χ2n) is 6.27. The molecule has 2 atom stereocenters. The summed E-state index contributed by atoms with van der Waals surface area (Å²) in [5.41, 5.74) is 2.90. The molecule has 1 fully saturated rings. The highest BCUT2D eigenvalue weighted by molar-refractivity contribution is 5.25. The second-order valence-corrected chi connectivity index (χ2v) is 6.27. The molecule has 1 aromatic carbocycles. The maximum absolute atomic E-state index is 3.42. The first-order valence-electron chi connectivity index (χ1n) is 8.24. The number of likely N-dealkylation sites (tertiary alicyclic amines) is 1. The summed E-state index contributed by atoms with van der Waals surface area (Å²) >= 11 is 0. The van der Waals surface area contributed by atoms with Crippen LogP contribution in [0, 0.1) is 0 Å². The summed E-state index contributed by atoms with van der Waals surface area (Å²) in [6, 6.07) is 10.0. The number of piperidine rings is 1. The lowest BCUT2D eigenvalue weighted by Crippen LogP contribution is -2.36. The van der Waals surface area contributed by atoms with Gasteiger partial charge in [-0.1, -0.05) is 44.5 Å². The third-order valence-electron chi connectivity index (χ3n) is 4.58. The van der Waals surface area contributed by atoms with E-state index in [0.29, 0.717) is 5.92 Å². The van der Waals surface area contributed by atoms with Crippen LogP contribution in [-0.4, -0.2) is 30.6 Å². The smallest absolute Gasteiger partial charge is 0.0236 e. The summed E-state index contributed by atoms with van der Waals surface area (Å²) in [4.78, 5) is 2.63. The SMILES string of the molecule is CCNCC(C)c1ccc(CN2CCCCC2C)cc1. The van der Waals surface area contributed by atoms with Crippen molar-refractivity contribution in [1.82, 2.24) is 10.2 Å². The molecule has 2 heteroatoms. The Morgan fingerprint density at radius 2 is 2.00 bits per heavy atom. The number of rotatable bonds is 6. The zero-order chi connectivity index (χ0) is 14.4. The lowest BCUT2D eigenvalue weighted by molar-refractivity contribution is 0.152. The molecule has 1 saturated heterocycles. The molecule has 2 nitrogen and oxygen atoms in total. The largest absolute Gasteiger partial charge is 0.316 e. The van der Waals surface area contributed by atoms with Crippen molar-refractivity contribution in [1.29, 1.82) is 0 Å². The van der Waals surface area contributed by atoms with Gasteiger partial charge in [-0.05, 0) is 49.9 Å². The van der Waals surface area contributed by atoms with Crippen molar-refractivity contribution in [2.45, 2.75) is 58.5 Å². The Labute approximate surface area is 124 Å². The van der Waals surface area contributed by atoms with Gasteiger partial charge >= 0.3 is 0 Å². The van der Waals surface area contributed by atoms with E-state index in [9.17, 15) is 0 Å². The van der Waals surface area contributed by atoms with Crippen molar-refractivity contribution in [2.75, 3.05) is 19.6 Å². The van der Waals surface area contributed by atoms with Crippen LogP contribution in [0.1, 0.15) is 57.1 Å². The fraction of sp³-hybridized carbons (Fsp3) is 0.667. The highest BCUT2D eigenvalue weighted by Crippen LogP contribution is 2.20. The van der Waals surface area contributed by atoms with Crippen LogP contribution >= 0.6 is 0 Å². The molecule has 112 valence electrons. The number of hydrogen-bond donors (Lipinski definition) is 1. The van der Waals surface area contributed by atoms with Crippen molar-refractivity contribution in [3.63, 3.8) is 0 Å². The maximum Gasteiger partial charge on any atom is 0.0236 e. The van der Waals surface area contributed by atoms with Crippen molar-refractivity contribution < 1.29 is 0 Å². The minimum atomic E-state index is 0.595. The van der Waals surface area contributed by atoms with Gasteiger partial charge in [0.1, 0.15) is 0 Å². The standard InChI is InChI=1S/C18H30N2/c1-4-19-13-15(2)18-10-8-17(9-11-18)14-20-12-6-5-7-16(20)3/h8-11,15-16,19H,4-7,12-14H2,1-3H3. The molecular weight excluding hydrogens is 244 g/mol. The number of hydrogen-bond acceptors (Lipinski definition) is 2. The van der Waals surface area contributed by atoms with E-state index in [2.05, 4.69) is 55.3 Å². The molecule has 0 aliphatic carbocycles. The van der Waals surface area contributed by atoms with Crippen LogP contribution in [0.5, 0.6) is 0 Å². The fourth-order valence-electron chi connectivity index (χ4n) is 3.06.